The van der Waals surface area contributed by atoms with Crippen molar-refractivity contribution < 1.29 is 13.8 Å². The van der Waals surface area contributed by atoms with Gasteiger partial charge in [0, 0.05) is 30.7 Å². The van der Waals surface area contributed by atoms with Crippen molar-refractivity contribution in [2.45, 2.75) is 13.8 Å². The first-order valence-corrected chi connectivity index (χ1v) is 9.31. The first kappa shape index (κ1) is 18.7. The Kier molecular flexibility index (Phi) is 7.04. The van der Waals surface area contributed by atoms with Crippen LogP contribution in [0.3, 0.4) is 0 Å². The van der Waals surface area contributed by atoms with Gasteiger partial charge in [-0.05, 0) is 37.6 Å². The van der Waals surface area contributed by atoms with E-state index in [1.807, 2.05) is 52.2 Å². The molecule has 2 rings (SSSR count). The van der Waals surface area contributed by atoms with Crippen LogP contribution in [0.2, 0.25) is 0 Å². The minimum Gasteiger partial charge on any atom is -0.496 e. The number of rotatable bonds is 8. The molecule has 5 heteroatoms. The number of methoxy groups -OCH3 is 1. The Bertz CT molecular complexity index is 655. The normalized spacial score (nSPS) is 10.9. The Labute approximate surface area is 146 Å². The second-order valence-corrected chi connectivity index (χ2v) is 6.87. The fraction of sp³-hybridized carbons (Fsp3) is 0.368. The lowest BCUT2D eigenvalue weighted by molar-refractivity contribution is 0.277. The Morgan fingerprint density at radius 2 is 1.58 bits per heavy atom. The van der Waals surface area contributed by atoms with Crippen molar-refractivity contribution in [2.24, 2.45) is 0 Å². The lowest BCUT2D eigenvalue weighted by Crippen LogP contribution is -2.14. The number of hydrogen-bond donors (Lipinski definition) is 0. The summed E-state index contributed by atoms with van der Waals surface area (Å²) in [6, 6.07) is 14.3. The zero-order valence-corrected chi connectivity index (χ0v) is 16.0. The minimum absolute atomic E-state index is 0.618. The van der Waals surface area contributed by atoms with Crippen molar-refractivity contribution in [3.63, 3.8) is 0 Å². The number of benzene rings is 2. The van der Waals surface area contributed by atoms with Gasteiger partial charge in [-0.15, -0.1) is 0 Å². The molecule has 0 amide bonds. The molecule has 4 nitrogen and oxygen atoms in total. The summed E-state index contributed by atoms with van der Waals surface area (Å²) in [5, 5.41) is 1.07. The SMILES string of the molecule is CCOP(OCC)c1ccccc1-c1c(OC)cccc1N(C)C. The smallest absolute Gasteiger partial charge is 0.205 e. The largest absolute Gasteiger partial charge is 0.496 e. The van der Waals surface area contributed by atoms with Crippen LogP contribution in [0, 0.1) is 0 Å². The van der Waals surface area contributed by atoms with E-state index in [-0.39, 0.29) is 0 Å². The summed E-state index contributed by atoms with van der Waals surface area (Å²) in [7, 11) is 4.65. The molecule has 130 valence electrons. The molecule has 0 atom stereocenters. The van der Waals surface area contributed by atoms with Gasteiger partial charge in [0.25, 0.3) is 0 Å². The second-order valence-electron chi connectivity index (χ2n) is 5.36. The molecule has 0 radical (unpaired) electrons. The fourth-order valence-corrected chi connectivity index (χ4v) is 4.00. The molecule has 0 fully saturated rings. The van der Waals surface area contributed by atoms with Crippen LogP contribution in [0.1, 0.15) is 13.8 Å². The quantitative estimate of drug-likeness (QED) is 0.661. The maximum absolute atomic E-state index is 5.89. The van der Waals surface area contributed by atoms with Gasteiger partial charge in [-0.2, -0.15) is 0 Å². The molecule has 0 bridgehead atoms. The van der Waals surface area contributed by atoms with Gasteiger partial charge in [-0.3, -0.25) is 0 Å². The fourth-order valence-electron chi connectivity index (χ4n) is 2.59. The lowest BCUT2D eigenvalue weighted by atomic mass is 10.0. The van der Waals surface area contributed by atoms with E-state index < -0.39 is 8.38 Å². The molecule has 0 saturated heterocycles. The van der Waals surface area contributed by atoms with Gasteiger partial charge in [-0.1, -0.05) is 24.3 Å². The summed E-state index contributed by atoms with van der Waals surface area (Å²) in [5.41, 5.74) is 3.25. The number of hydrogen-bond acceptors (Lipinski definition) is 4. The first-order chi connectivity index (χ1) is 11.6. The molecule has 0 unspecified atom stereocenters. The van der Waals surface area contributed by atoms with E-state index in [0.29, 0.717) is 13.2 Å². The molecule has 2 aromatic rings. The molecule has 0 N–H and O–H groups in total. The van der Waals surface area contributed by atoms with Crippen molar-refractivity contribution >= 4 is 19.4 Å². The van der Waals surface area contributed by atoms with Gasteiger partial charge in [0.15, 0.2) is 0 Å². The average Bonchev–Trinajstić information content (AvgIpc) is 2.60. The first-order valence-electron chi connectivity index (χ1n) is 8.13. The predicted molar refractivity (Wildman–Crippen MR) is 103 cm³/mol. The molecule has 2 aromatic carbocycles. The molecule has 0 aromatic heterocycles. The Balaban J connectivity index is 2.65. The van der Waals surface area contributed by atoms with E-state index in [1.54, 1.807) is 7.11 Å². The predicted octanol–water partition coefficient (Wildman–Crippen LogP) is 4.44. The maximum atomic E-state index is 5.89. The van der Waals surface area contributed by atoms with E-state index >= 15 is 0 Å². The van der Waals surface area contributed by atoms with Gasteiger partial charge >= 0.3 is 0 Å². The zero-order valence-electron chi connectivity index (χ0n) is 15.1. The topological polar surface area (TPSA) is 30.9 Å². The summed E-state index contributed by atoms with van der Waals surface area (Å²) >= 11 is 0. The summed E-state index contributed by atoms with van der Waals surface area (Å²) < 4.78 is 17.4. The van der Waals surface area contributed by atoms with E-state index in [4.69, 9.17) is 13.8 Å². The number of ether oxygens (including phenoxy) is 1. The van der Waals surface area contributed by atoms with E-state index in [0.717, 1.165) is 27.9 Å². The van der Waals surface area contributed by atoms with E-state index in [2.05, 4.69) is 23.1 Å². The summed E-state index contributed by atoms with van der Waals surface area (Å²) in [6.07, 6.45) is 0. The van der Waals surface area contributed by atoms with Crippen molar-refractivity contribution in [3.8, 4) is 16.9 Å². The Morgan fingerprint density at radius 1 is 0.917 bits per heavy atom. The molecule has 24 heavy (non-hydrogen) atoms. The molecule has 0 aliphatic carbocycles. The second kappa shape index (κ2) is 9.03. The molecular formula is C19H26NO3P. The van der Waals surface area contributed by atoms with Gasteiger partial charge in [0.1, 0.15) is 5.75 Å². The summed E-state index contributed by atoms with van der Waals surface area (Å²) in [6.45, 7) is 5.22. The van der Waals surface area contributed by atoms with Crippen LogP contribution < -0.4 is 14.9 Å². The van der Waals surface area contributed by atoms with Gasteiger partial charge < -0.3 is 18.7 Å². The van der Waals surface area contributed by atoms with Crippen molar-refractivity contribution in [2.75, 3.05) is 39.3 Å². The van der Waals surface area contributed by atoms with Crippen molar-refractivity contribution in [1.29, 1.82) is 0 Å². The standard InChI is InChI=1S/C19H26NO3P/c1-6-22-24(23-7-2)18-14-9-8-11-15(18)19-16(20(3)4)12-10-13-17(19)21-5/h8-14H,6-7H2,1-5H3. The molecule has 0 saturated carbocycles. The van der Waals surface area contributed by atoms with Crippen LogP contribution in [0.15, 0.2) is 42.5 Å². The van der Waals surface area contributed by atoms with Gasteiger partial charge in [0.2, 0.25) is 8.38 Å². The van der Waals surface area contributed by atoms with E-state index in [9.17, 15) is 0 Å². The summed E-state index contributed by atoms with van der Waals surface area (Å²) in [5.74, 6) is 0.844. The Hall–Kier alpha value is -1.61. The molecule has 0 spiro atoms. The highest BCUT2D eigenvalue weighted by molar-refractivity contribution is 7.56. The van der Waals surface area contributed by atoms with Crippen molar-refractivity contribution in [3.05, 3.63) is 42.5 Å². The molecule has 0 heterocycles. The van der Waals surface area contributed by atoms with E-state index in [1.165, 1.54) is 0 Å². The third kappa shape index (κ3) is 4.07. The zero-order chi connectivity index (χ0) is 17.5. The minimum atomic E-state index is -1.12. The molecule has 0 aliphatic rings. The monoisotopic (exact) mass is 347 g/mol. The van der Waals surface area contributed by atoms with Gasteiger partial charge in [0.05, 0.1) is 20.3 Å². The van der Waals surface area contributed by atoms with Gasteiger partial charge in [-0.25, -0.2) is 0 Å². The van der Waals surface area contributed by atoms with Crippen LogP contribution in [0.5, 0.6) is 5.75 Å². The lowest BCUT2D eigenvalue weighted by Gasteiger charge is -2.24. The van der Waals surface area contributed by atoms with Crippen molar-refractivity contribution in [1.82, 2.24) is 0 Å². The van der Waals surface area contributed by atoms with Crippen LogP contribution in [-0.4, -0.2) is 34.4 Å². The highest BCUT2D eigenvalue weighted by Crippen LogP contribution is 2.44. The number of anilines is 1. The average molecular weight is 347 g/mol. The summed E-state index contributed by atoms with van der Waals surface area (Å²) in [4.78, 5) is 2.10. The Morgan fingerprint density at radius 3 is 2.17 bits per heavy atom. The third-order valence-electron chi connectivity index (χ3n) is 3.57. The third-order valence-corrected chi connectivity index (χ3v) is 5.34. The van der Waals surface area contributed by atoms with Crippen LogP contribution in [0.4, 0.5) is 5.69 Å². The van der Waals surface area contributed by atoms with Crippen LogP contribution >= 0.6 is 8.38 Å². The molecular weight excluding hydrogens is 321 g/mol. The maximum Gasteiger partial charge on any atom is 0.205 e. The highest BCUT2D eigenvalue weighted by atomic mass is 31.2. The molecule has 0 aliphatic heterocycles. The van der Waals surface area contributed by atoms with Crippen LogP contribution in [-0.2, 0) is 9.05 Å². The highest BCUT2D eigenvalue weighted by Gasteiger charge is 2.22. The van der Waals surface area contributed by atoms with Crippen LogP contribution in [0.25, 0.3) is 11.1 Å². The number of nitrogens with zero attached hydrogens (tertiary/aromatic N) is 1.